The van der Waals surface area contributed by atoms with Gasteiger partial charge in [0.15, 0.2) is 6.10 Å². The Balaban J connectivity index is 1.69. The summed E-state index contributed by atoms with van der Waals surface area (Å²) < 4.78 is 10.5. The third kappa shape index (κ3) is 6.59. The lowest BCUT2D eigenvalue weighted by atomic mass is 9.99. The Morgan fingerprint density at radius 3 is 2.03 bits per heavy atom. The smallest absolute Gasteiger partial charge is 0.335 e. The minimum Gasteiger partial charge on any atom is -0.507 e. The first kappa shape index (κ1) is 26.2. The van der Waals surface area contributed by atoms with Crippen molar-refractivity contribution in [1.82, 2.24) is 0 Å². The first-order valence-electron chi connectivity index (χ1n) is 10.7. The van der Waals surface area contributed by atoms with Crippen LogP contribution in [0.15, 0.2) is 42.5 Å². The Labute approximate surface area is 201 Å². The highest BCUT2D eigenvalue weighted by Crippen LogP contribution is 2.32. The molecule has 188 valence electrons. The van der Waals surface area contributed by atoms with Gasteiger partial charge in [0.05, 0.1) is 11.2 Å². The first-order chi connectivity index (χ1) is 16.4. The Bertz CT molecular complexity index is 1080. The van der Waals surface area contributed by atoms with Gasteiger partial charge < -0.3 is 45.2 Å². The minimum atomic E-state index is -1.81. The molecule has 1 heterocycles. The zero-order valence-electron chi connectivity index (χ0n) is 19.0. The predicted octanol–water partition coefficient (Wildman–Crippen LogP) is 1.32. The number of aliphatic carboxylic acids is 1. The number of hydrogen-bond donors (Lipinski definition) is 7. The van der Waals surface area contributed by atoms with Crippen molar-refractivity contribution in [3.05, 3.63) is 59.2 Å². The molecule has 5 unspecified atom stereocenters. The van der Waals surface area contributed by atoms with Crippen LogP contribution >= 0.6 is 0 Å². The van der Waals surface area contributed by atoms with Gasteiger partial charge in [-0.15, -0.1) is 0 Å². The second kappa shape index (κ2) is 10.5. The number of carboxylic acid groups (broad SMARTS) is 1. The summed E-state index contributed by atoms with van der Waals surface area (Å²) in [7, 11) is 0. The highest BCUT2D eigenvalue weighted by molar-refractivity contribution is 5.75. The quantitative estimate of drug-likeness (QED) is 0.281. The summed E-state index contributed by atoms with van der Waals surface area (Å²) in [6.07, 6.45) is -2.26. The van der Waals surface area contributed by atoms with Gasteiger partial charge in [0.2, 0.25) is 6.29 Å². The number of benzene rings is 2. The molecular weight excluding hydrogens is 460 g/mol. The van der Waals surface area contributed by atoms with Crippen LogP contribution < -0.4 is 4.74 Å². The van der Waals surface area contributed by atoms with Crippen molar-refractivity contribution in [3.63, 3.8) is 0 Å². The number of phenols is 2. The van der Waals surface area contributed by atoms with E-state index in [0.717, 1.165) is 0 Å². The fourth-order valence-corrected chi connectivity index (χ4v) is 3.33. The van der Waals surface area contributed by atoms with Crippen molar-refractivity contribution in [3.8, 4) is 17.2 Å². The SMILES string of the molecule is CC(C)(O)/C=C/c1c(O)cc(/C=C/c2ccc(OC3OC(C(=O)O)C(O)C(O)C3O)cc2)cc1O. The van der Waals surface area contributed by atoms with Gasteiger partial charge in [-0.1, -0.05) is 30.4 Å². The monoisotopic (exact) mass is 488 g/mol. The first-order valence-corrected chi connectivity index (χ1v) is 10.7. The molecule has 0 bridgehead atoms. The molecule has 1 saturated heterocycles. The molecule has 5 atom stereocenters. The molecule has 0 aliphatic carbocycles. The van der Waals surface area contributed by atoms with Gasteiger partial charge >= 0.3 is 5.97 Å². The highest BCUT2D eigenvalue weighted by Gasteiger charge is 2.48. The average Bonchev–Trinajstić information content (AvgIpc) is 2.77. The highest BCUT2D eigenvalue weighted by atomic mass is 16.7. The molecule has 1 aliphatic heterocycles. The van der Waals surface area contributed by atoms with Crippen LogP contribution in [0.3, 0.4) is 0 Å². The number of ether oxygens (including phenoxy) is 2. The van der Waals surface area contributed by atoms with Gasteiger partial charge in [0.1, 0.15) is 35.6 Å². The number of rotatable bonds is 7. The van der Waals surface area contributed by atoms with Gasteiger partial charge in [-0.2, -0.15) is 0 Å². The number of carboxylic acids is 1. The molecule has 2 aromatic carbocycles. The van der Waals surface area contributed by atoms with Gasteiger partial charge in [-0.25, -0.2) is 4.79 Å². The Morgan fingerprint density at radius 1 is 0.914 bits per heavy atom. The van der Waals surface area contributed by atoms with E-state index in [4.69, 9.17) is 14.6 Å². The van der Waals surface area contributed by atoms with E-state index in [1.54, 1.807) is 38.1 Å². The Hall–Kier alpha value is -3.41. The van der Waals surface area contributed by atoms with Gasteiger partial charge in [-0.05, 0) is 55.3 Å². The molecule has 0 radical (unpaired) electrons. The lowest BCUT2D eigenvalue weighted by Gasteiger charge is -2.38. The zero-order valence-corrected chi connectivity index (χ0v) is 19.0. The molecule has 7 N–H and O–H groups in total. The lowest BCUT2D eigenvalue weighted by molar-refractivity contribution is -0.271. The Kier molecular flexibility index (Phi) is 7.83. The summed E-state index contributed by atoms with van der Waals surface area (Å²) in [5.74, 6) is -1.60. The van der Waals surface area contributed by atoms with Crippen molar-refractivity contribution in [2.75, 3.05) is 0 Å². The van der Waals surface area contributed by atoms with E-state index in [2.05, 4.69) is 0 Å². The van der Waals surface area contributed by atoms with E-state index < -0.39 is 42.3 Å². The van der Waals surface area contributed by atoms with Crippen LogP contribution in [0.2, 0.25) is 0 Å². The third-order valence-corrected chi connectivity index (χ3v) is 5.23. The number of aliphatic hydroxyl groups excluding tert-OH is 3. The fraction of sp³-hybridized carbons (Fsp3) is 0.320. The van der Waals surface area contributed by atoms with E-state index in [1.807, 2.05) is 0 Å². The molecule has 0 spiro atoms. The van der Waals surface area contributed by atoms with Crippen molar-refractivity contribution in [2.45, 2.75) is 50.2 Å². The second-order valence-corrected chi connectivity index (χ2v) is 8.72. The molecular formula is C25H28O10. The van der Waals surface area contributed by atoms with Crippen LogP contribution in [-0.4, -0.2) is 78.0 Å². The summed E-state index contributed by atoms with van der Waals surface area (Å²) >= 11 is 0. The predicted molar refractivity (Wildman–Crippen MR) is 125 cm³/mol. The average molecular weight is 488 g/mol. The molecule has 3 rings (SSSR count). The summed E-state index contributed by atoms with van der Waals surface area (Å²) in [5, 5.41) is 69.0. The minimum absolute atomic E-state index is 0.160. The van der Waals surface area contributed by atoms with Crippen molar-refractivity contribution in [2.24, 2.45) is 0 Å². The Morgan fingerprint density at radius 2 is 1.49 bits per heavy atom. The maximum absolute atomic E-state index is 11.2. The van der Waals surface area contributed by atoms with Crippen molar-refractivity contribution < 1.29 is 50.0 Å². The molecule has 2 aromatic rings. The standard InChI is InChI=1S/C25H28O10/c1-25(2,33)10-9-16-17(26)11-14(12-18(16)27)4-3-13-5-7-15(8-6-13)34-24-21(30)19(28)20(29)22(35-24)23(31)32/h3-12,19-22,24,26-30,33H,1-2H3,(H,31,32)/b4-3+,10-9+. The zero-order chi connectivity index (χ0) is 25.9. The number of aromatic hydroxyl groups is 2. The maximum Gasteiger partial charge on any atom is 0.335 e. The summed E-state index contributed by atoms with van der Waals surface area (Å²) in [6.45, 7) is 3.13. The van der Waals surface area contributed by atoms with Gasteiger partial charge in [0, 0.05) is 0 Å². The van der Waals surface area contributed by atoms with Crippen LogP contribution in [0.5, 0.6) is 17.2 Å². The largest absolute Gasteiger partial charge is 0.507 e. The van der Waals surface area contributed by atoms with E-state index in [0.29, 0.717) is 11.1 Å². The summed E-state index contributed by atoms with van der Waals surface area (Å²) in [4.78, 5) is 11.2. The molecule has 1 fully saturated rings. The molecule has 35 heavy (non-hydrogen) atoms. The van der Waals surface area contributed by atoms with E-state index in [9.17, 15) is 35.4 Å². The van der Waals surface area contributed by atoms with Crippen LogP contribution in [0.1, 0.15) is 30.5 Å². The molecule has 10 heteroatoms. The molecule has 10 nitrogen and oxygen atoms in total. The van der Waals surface area contributed by atoms with Gasteiger partial charge in [-0.3, -0.25) is 0 Å². The molecule has 1 aliphatic rings. The molecule has 0 saturated carbocycles. The fourth-order valence-electron chi connectivity index (χ4n) is 3.33. The lowest BCUT2D eigenvalue weighted by Crippen LogP contribution is -2.61. The van der Waals surface area contributed by atoms with E-state index >= 15 is 0 Å². The second-order valence-electron chi connectivity index (χ2n) is 8.72. The van der Waals surface area contributed by atoms with Crippen molar-refractivity contribution in [1.29, 1.82) is 0 Å². The normalized spacial score (nSPS) is 25.3. The van der Waals surface area contributed by atoms with Crippen LogP contribution in [-0.2, 0) is 9.53 Å². The van der Waals surface area contributed by atoms with E-state index in [1.165, 1.54) is 36.4 Å². The van der Waals surface area contributed by atoms with Crippen LogP contribution in [0.25, 0.3) is 18.2 Å². The number of carbonyl (C=O) groups is 1. The topological polar surface area (TPSA) is 177 Å². The van der Waals surface area contributed by atoms with E-state index in [-0.39, 0.29) is 22.8 Å². The summed E-state index contributed by atoms with van der Waals surface area (Å²) in [5.41, 5.74) is 0.312. The molecule has 0 aromatic heterocycles. The third-order valence-electron chi connectivity index (χ3n) is 5.23. The van der Waals surface area contributed by atoms with Crippen LogP contribution in [0.4, 0.5) is 0 Å². The summed E-state index contributed by atoms with van der Waals surface area (Å²) in [6, 6.07) is 9.28. The van der Waals surface area contributed by atoms with Gasteiger partial charge in [0.25, 0.3) is 0 Å². The number of aliphatic hydroxyl groups is 4. The number of hydrogen-bond acceptors (Lipinski definition) is 9. The maximum atomic E-state index is 11.2. The molecule has 0 amide bonds. The van der Waals surface area contributed by atoms with Crippen LogP contribution in [0, 0.1) is 0 Å². The number of phenolic OH excluding ortho intramolecular Hbond substituents is 2. The van der Waals surface area contributed by atoms with Crippen molar-refractivity contribution >= 4 is 24.2 Å².